The van der Waals surface area contributed by atoms with E-state index < -0.39 is 0 Å². The van der Waals surface area contributed by atoms with Gasteiger partial charge in [-0.2, -0.15) is 0 Å². The molecule has 1 aliphatic rings. The van der Waals surface area contributed by atoms with Crippen molar-refractivity contribution in [2.75, 3.05) is 20.2 Å². The normalized spacial score (nSPS) is 17.4. The minimum absolute atomic E-state index is 0.572. The topological polar surface area (TPSA) is 21.3 Å². The van der Waals surface area contributed by atoms with Crippen LogP contribution in [0.3, 0.4) is 0 Å². The summed E-state index contributed by atoms with van der Waals surface area (Å²) >= 11 is 6.32. The van der Waals surface area contributed by atoms with Gasteiger partial charge in [0.25, 0.3) is 0 Å². The fraction of sp³-hybridized carbons (Fsp3) is 0.538. The molecule has 88 valence electrons. The molecule has 0 saturated carbocycles. The van der Waals surface area contributed by atoms with Crippen molar-refractivity contribution in [2.24, 2.45) is 0 Å². The summed E-state index contributed by atoms with van der Waals surface area (Å²) in [6.45, 7) is 4.19. The summed E-state index contributed by atoms with van der Waals surface area (Å²) in [4.78, 5) is 0. The molecule has 0 aliphatic carbocycles. The van der Waals surface area contributed by atoms with Crippen LogP contribution in [0.25, 0.3) is 0 Å². The summed E-state index contributed by atoms with van der Waals surface area (Å²) < 4.78 is 5.36. The van der Waals surface area contributed by atoms with Crippen molar-refractivity contribution in [3.05, 3.63) is 28.3 Å². The number of piperidine rings is 1. The zero-order chi connectivity index (χ0) is 11.5. The maximum atomic E-state index is 6.32. The fourth-order valence-electron chi connectivity index (χ4n) is 2.33. The van der Waals surface area contributed by atoms with E-state index >= 15 is 0 Å². The molecular formula is C13H18ClNO. The highest BCUT2D eigenvalue weighted by Crippen LogP contribution is 2.35. The Morgan fingerprint density at radius 2 is 2.00 bits per heavy atom. The van der Waals surface area contributed by atoms with Gasteiger partial charge in [0.1, 0.15) is 5.75 Å². The Morgan fingerprint density at radius 1 is 1.31 bits per heavy atom. The maximum absolute atomic E-state index is 6.32. The lowest BCUT2D eigenvalue weighted by Gasteiger charge is -2.24. The zero-order valence-electron chi connectivity index (χ0n) is 9.85. The summed E-state index contributed by atoms with van der Waals surface area (Å²) in [5.74, 6) is 1.51. The molecule has 0 atom stereocenters. The number of aryl methyl sites for hydroxylation is 1. The second-order valence-corrected chi connectivity index (χ2v) is 4.77. The predicted octanol–water partition coefficient (Wildman–Crippen LogP) is 3.12. The van der Waals surface area contributed by atoms with E-state index in [-0.39, 0.29) is 0 Å². The number of halogens is 1. The van der Waals surface area contributed by atoms with Crippen molar-refractivity contribution < 1.29 is 4.74 Å². The monoisotopic (exact) mass is 239 g/mol. The first kappa shape index (κ1) is 11.7. The molecule has 1 fully saturated rings. The molecular weight excluding hydrogens is 222 g/mol. The van der Waals surface area contributed by atoms with Crippen molar-refractivity contribution in [1.29, 1.82) is 0 Å². The third-order valence-electron chi connectivity index (χ3n) is 3.29. The SMILES string of the molecule is COc1cc(C2CCNCC2)c(Cl)cc1C. The van der Waals surface area contributed by atoms with Gasteiger partial charge in [-0.15, -0.1) is 0 Å². The Morgan fingerprint density at radius 3 is 2.62 bits per heavy atom. The molecule has 0 radical (unpaired) electrons. The van der Waals surface area contributed by atoms with Crippen LogP contribution in [-0.2, 0) is 0 Å². The van der Waals surface area contributed by atoms with Gasteiger partial charge in [-0.25, -0.2) is 0 Å². The number of hydrogen-bond acceptors (Lipinski definition) is 2. The van der Waals surface area contributed by atoms with Crippen molar-refractivity contribution in [3.63, 3.8) is 0 Å². The second kappa shape index (κ2) is 5.07. The third kappa shape index (κ3) is 2.33. The summed E-state index contributed by atoms with van der Waals surface area (Å²) in [6.07, 6.45) is 2.32. The molecule has 1 aliphatic heterocycles. The maximum Gasteiger partial charge on any atom is 0.122 e. The molecule has 1 aromatic carbocycles. The molecule has 0 bridgehead atoms. The average molecular weight is 240 g/mol. The summed E-state index contributed by atoms with van der Waals surface area (Å²) in [5.41, 5.74) is 2.34. The van der Waals surface area contributed by atoms with Crippen LogP contribution in [0.5, 0.6) is 5.75 Å². The van der Waals surface area contributed by atoms with Gasteiger partial charge >= 0.3 is 0 Å². The Kier molecular flexibility index (Phi) is 3.72. The minimum atomic E-state index is 0.572. The number of methoxy groups -OCH3 is 1. The van der Waals surface area contributed by atoms with Gasteiger partial charge in [0.15, 0.2) is 0 Å². The lowest BCUT2D eigenvalue weighted by Crippen LogP contribution is -2.26. The van der Waals surface area contributed by atoms with E-state index in [1.165, 1.54) is 5.56 Å². The molecule has 2 rings (SSSR count). The Bertz CT molecular complexity index is 372. The van der Waals surface area contributed by atoms with E-state index in [1.54, 1.807) is 7.11 Å². The molecule has 1 saturated heterocycles. The smallest absolute Gasteiger partial charge is 0.122 e. The molecule has 0 spiro atoms. The molecule has 16 heavy (non-hydrogen) atoms. The van der Waals surface area contributed by atoms with Crippen LogP contribution >= 0.6 is 11.6 Å². The summed E-state index contributed by atoms with van der Waals surface area (Å²) in [7, 11) is 1.71. The van der Waals surface area contributed by atoms with Crippen molar-refractivity contribution in [3.8, 4) is 5.75 Å². The Labute approximate surface area is 102 Å². The van der Waals surface area contributed by atoms with Gasteiger partial charge in [-0.3, -0.25) is 0 Å². The van der Waals surface area contributed by atoms with Gasteiger partial charge in [0, 0.05) is 5.02 Å². The molecule has 0 unspecified atom stereocenters. The highest BCUT2D eigenvalue weighted by atomic mass is 35.5. The molecule has 0 aromatic heterocycles. The molecule has 1 heterocycles. The number of benzene rings is 1. The van der Waals surface area contributed by atoms with E-state index in [4.69, 9.17) is 16.3 Å². The standard InChI is InChI=1S/C13H18ClNO/c1-9-7-12(14)11(8-13(9)16-2)10-3-5-15-6-4-10/h7-8,10,15H,3-6H2,1-2H3. The highest BCUT2D eigenvalue weighted by Gasteiger charge is 2.19. The van der Waals surface area contributed by atoms with Crippen molar-refractivity contribution >= 4 is 11.6 Å². The lowest BCUT2D eigenvalue weighted by molar-refractivity contribution is 0.408. The van der Waals surface area contributed by atoms with E-state index in [2.05, 4.69) is 11.4 Å². The highest BCUT2D eigenvalue weighted by molar-refractivity contribution is 6.31. The summed E-state index contributed by atoms with van der Waals surface area (Å²) in [5, 5.41) is 4.25. The van der Waals surface area contributed by atoms with Crippen LogP contribution in [0.4, 0.5) is 0 Å². The quantitative estimate of drug-likeness (QED) is 0.856. The van der Waals surface area contributed by atoms with E-state index in [0.29, 0.717) is 5.92 Å². The van der Waals surface area contributed by atoms with E-state index in [1.807, 2.05) is 13.0 Å². The predicted molar refractivity (Wildman–Crippen MR) is 67.6 cm³/mol. The molecule has 3 heteroatoms. The fourth-order valence-corrected chi connectivity index (χ4v) is 2.71. The van der Waals surface area contributed by atoms with E-state index in [9.17, 15) is 0 Å². The van der Waals surface area contributed by atoms with Crippen LogP contribution in [0, 0.1) is 6.92 Å². The number of rotatable bonds is 2. The Hall–Kier alpha value is -0.730. The second-order valence-electron chi connectivity index (χ2n) is 4.37. The number of ether oxygens (including phenoxy) is 1. The van der Waals surface area contributed by atoms with Crippen molar-refractivity contribution in [2.45, 2.75) is 25.7 Å². The first-order valence-corrected chi connectivity index (χ1v) is 6.15. The van der Waals surface area contributed by atoms with Crippen LogP contribution in [-0.4, -0.2) is 20.2 Å². The van der Waals surface area contributed by atoms with Crippen LogP contribution in [0.1, 0.15) is 29.9 Å². The lowest BCUT2D eigenvalue weighted by atomic mass is 9.89. The number of nitrogens with one attached hydrogen (secondary N) is 1. The number of hydrogen-bond donors (Lipinski definition) is 1. The van der Waals surface area contributed by atoms with Crippen molar-refractivity contribution in [1.82, 2.24) is 5.32 Å². The van der Waals surface area contributed by atoms with Crippen LogP contribution in [0.2, 0.25) is 5.02 Å². The Balaban J connectivity index is 2.31. The molecule has 1 N–H and O–H groups in total. The molecule has 2 nitrogen and oxygen atoms in total. The summed E-state index contributed by atoms with van der Waals surface area (Å²) in [6, 6.07) is 4.12. The average Bonchev–Trinajstić information content (AvgIpc) is 2.30. The first-order chi connectivity index (χ1) is 7.72. The largest absolute Gasteiger partial charge is 0.496 e. The zero-order valence-corrected chi connectivity index (χ0v) is 10.6. The van der Waals surface area contributed by atoms with E-state index in [0.717, 1.165) is 42.3 Å². The third-order valence-corrected chi connectivity index (χ3v) is 3.62. The minimum Gasteiger partial charge on any atom is -0.496 e. The van der Waals surface area contributed by atoms with Gasteiger partial charge < -0.3 is 10.1 Å². The molecule has 1 aromatic rings. The van der Waals surface area contributed by atoms with Gasteiger partial charge in [-0.05, 0) is 62.0 Å². The van der Waals surface area contributed by atoms with Gasteiger partial charge in [0.2, 0.25) is 0 Å². The van der Waals surface area contributed by atoms with Crippen LogP contribution in [0.15, 0.2) is 12.1 Å². The van der Waals surface area contributed by atoms with Crippen LogP contribution < -0.4 is 10.1 Å². The molecule has 0 amide bonds. The first-order valence-electron chi connectivity index (χ1n) is 5.77. The van der Waals surface area contributed by atoms with Gasteiger partial charge in [-0.1, -0.05) is 11.6 Å². The van der Waals surface area contributed by atoms with Gasteiger partial charge in [0.05, 0.1) is 7.11 Å².